The number of benzene rings is 1. The first-order valence-corrected chi connectivity index (χ1v) is 6.92. The molecule has 106 valence electrons. The van der Waals surface area contributed by atoms with Crippen LogP contribution in [0.5, 0.6) is 0 Å². The molecule has 1 unspecified atom stereocenters. The fourth-order valence-electron chi connectivity index (χ4n) is 2.80. The summed E-state index contributed by atoms with van der Waals surface area (Å²) in [6, 6.07) is 7.42. The molecule has 1 aromatic heterocycles. The third-order valence-corrected chi connectivity index (χ3v) is 3.91. The number of aromatic amines is 1. The minimum atomic E-state index is -0.556. The van der Waals surface area contributed by atoms with Crippen LogP contribution in [0.4, 0.5) is 0 Å². The summed E-state index contributed by atoms with van der Waals surface area (Å²) >= 11 is 0. The Hall–Kier alpha value is -1.85. The van der Waals surface area contributed by atoms with Gasteiger partial charge < -0.3 is 20.7 Å². The fourth-order valence-corrected chi connectivity index (χ4v) is 2.80. The number of amides is 1. The minimum absolute atomic E-state index is 0.0770. The maximum Gasteiger partial charge on any atom is 0.239 e. The number of likely N-dealkylation sites (tertiary alicyclic amines) is 1. The smallest absolute Gasteiger partial charge is 0.239 e. The van der Waals surface area contributed by atoms with E-state index in [0.717, 1.165) is 16.5 Å². The molecular formula is C15H19N3O2. The van der Waals surface area contributed by atoms with Crippen molar-refractivity contribution in [2.24, 2.45) is 5.73 Å². The van der Waals surface area contributed by atoms with E-state index in [1.165, 1.54) is 0 Å². The maximum absolute atomic E-state index is 12.2. The van der Waals surface area contributed by atoms with Crippen LogP contribution in [0.25, 0.3) is 10.9 Å². The molecule has 3 rings (SSSR count). The van der Waals surface area contributed by atoms with E-state index in [4.69, 9.17) is 5.73 Å². The second-order valence-corrected chi connectivity index (χ2v) is 5.40. The first kappa shape index (κ1) is 13.1. The summed E-state index contributed by atoms with van der Waals surface area (Å²) < 4.78 is 0. The molecule has 1 aliphatic heterocycles. The summed E-state index contributed by atoms with van der Waals surface area (Å²) in [5.41, 5.74) is 8.15. The molecule has 2 aromatic rings. The van der Waals surface area contributed by atoms with Crippen LogP contribution in [0.2, 0.25) is 0 Å². The number of fused-ring (bicyclic) bond motifs is 1. The first-order chi connectivity index (χ1) is 9.65. The maximum atomic E-state index is 12.2. The molecule has 5 heteroatoms. The SMILES string of the molecule is NC(Cc1c[nH]c2ccccc12)C(=O)N1CC[C@H](O)C1. The summed E-state index contributed by atoms with van der Waals surface area (Å²) in [5.74, 6) is -0.0770. The van der Waals surface area contributed by atoms with Gasteiger partial charge in [0.2, 0.25) is 5.91 Å². The number of carbonyl (C=O) groups is 1. The number of hydrogen-bond donors (Lipinski definition) is 3. The molecule has 1 aromatic carbocycles. The normalized spacial score (nSPS) is 20.5. The van der Waals surface area contributed by atoms with Gasteiger partial charge >= 0.3 is 0 Å². The molecular weight excluding hydrogens is 254 g/mol. The van der Waals surface area contributed by atoms with E-state index in [9.17, 15) is 9.90 Å². The van der Waals surface area contributed by atoms with Crippen molar-refractivity contribution < 1.29 is 9.90 Å². The van der Waals surface area contributed by atoms with E-state index < -0.39 is 12.1 Å². The number of H-pyrrole nitrogens is 1. The van der Waals surface area contributed by atoms with Gasteiger partial charge in [-0.15, -0.1) is 0 Å². The zero-order valence-electron chi connectivity index (χ0n) is 11.2. The standard InChI is InChI=1S/C15H19N3O2/c16-13(15(20)18-6-5-11(19)9-18)7-10-8-17-14-4-2-1-3-12(10)14/h1-4,8,11,13,17,19H,5-7,9,16H2/t11-,13?/m0/s1. The van der Waals surface area contributed by atoms with Gasteiger partial charge in [-0.05, 0) is 24.5 Å². The van der Waals surface area contributed by atoms with Crippen LogP contribution in [0.15, 0.2) is 30.5 Å². The van der Waals surface area contributed by atoms with Gasteiger partial charge in [-0.3, -0.25) is 4.79 Å². The lowest BCUT2D eigenvalue weighted by atomic mass is 10.0. The number of hydrogen-bond acceptors (Lipinski definition) is 3. The van der Waals surface area contributed by atoms with Crippen molar-refractivity contribution in [3.63, 3.8) is 0 Å². The van der Waals surface area contributed by atoms with Crippen molar-refractivity contribution in [3.05, 3.63) is 36.0 Å². The van der Waals surface area contributed by atoms with Crippen LogP contribution < -0.4 is 5.73 Å². The number of nitrogens with zero attached hydrogens (tertiary/aromatic N) is 1. The Morgan fingerprint density at radius 3 is 3.05 bits per heavy atom. The van der Waals surface area contributed by atoms with Crippen LogP contribution in [0.1, 0.15) is 12.0 Å². The largest absolute Gasteiger partial charge is 0.391 e. The lowest BCUT2D eigenvalue weighted by molar-refractivity contribution is -0.131. The molecule has 5 nitrogen and oxygen atoms in total. The number of para-hydroxylation sites is 1. The summed E-state index contributed by atoms with van der Waals surface area (Å²) in [4.78, 5) is 17.1. The van der Waals surface area contributed by atoms with Crippen LogP contribution in [-0.4, -0.2) is 46.1 Å². The van der Waals surface area contributed by atoms with Gasteiger partial charge in [0.15, 0.2) is 0 Å². The Labute approximate surface area is 117 Å². The molecule has 20 heavy (non-hydrogen) atoms. The molecule has 0 spiro atoms. The number of aromatic nitrogens is 1. The Balaban J connectivity index is 1.72. The van der Waals surface area contributed by atoms with Gasteiger partial charge in [-0.25, -0.2) is 0 Å². The second-order valence-electron chi connectivity index (χ2n) is 5.40. The van der Waals surface area contributed by atoms with Crippen molar-refractivity contribution in [2.75, 3.05) is 13.1 Å². The average Bonchev–Trinajstić information content (AvgIpc) is 3.05. The lowest BCUT2D eigenvalue weighted by Gasteiger charge is -2.20. The van der Waals surface area contributed by atoms with Crippen LogP contribution in [0.3, 0.4) is 0 Å². The van der Waals surface area contributed by atoms with Crippen molar-refractivity contribution in [2.45, 2.75) is 25.0 Å². The third kappa shape index (κ3) is 2.42. The Kier molecular flexibility index (Phi) is 3.46. The topological polar surface area (TPSA) is 82.4 Å². The predicted octanol–water partition coefficient (Wildman–Crippen LogP) is 0.631. The molecule has 2 atom stereocenters. The fraction of sp³-hybridized carbons (Fsp3) is 0.400. The lowest BCUT2D eigenvalue weighted by Crippen LogP contribution is -2.44. The second kappa shape index (κ2) is 5.26. The van der Waals surface area contributed by atoms with Gasteiger partial charge in [0, 0.05) is 30.2 Å². The van der Waals surface area contributed by atoms with Crippen molar-refractivity contribution in [1.82, 2.24) is 9.88 Å². The molecule has 1 aliphatic rings. The monoisotopic (exact) mass is 273 g/mol. The number of β-amino-alcohol motifs (C(OH)–C–C–N with tert-alkyl or cyclic N) is 1. The Morgan fingerprint density at radius 2 is 2.30 bits per heavy atom. The van der Waals surface area contributed by atoms with Gasteiger partial charge in [0.25, 0.3) is 0 Å². The highest BCUT2D eigenvalue weighted by atomic mass is 16.3. The van der Waals surface area contributed by atoms with E-state index in [0.29, 0.717) is 25.9 Å². The zero-order chi connectivity index (χ0) is 14.1. The molecule has 1 amide bonds. The van der Waals surface area contributed by atoms with E-state index in [1.54, 1.807) is 4.90 Å². The number of aliphatic hydroxyl groups excluding tert-OH is 1. The van der Waals surface area contributed by atoms with Crippen molar-refractivity contribution in [3.8, 4) is 0 Å². The summed E-state index contributed by atoms with van der Waals surface area (Å²) in [5, 5.41) is 10.6. The molecule has 0 saturated carbocycles. The molecule has 0 aliphatic carbocycles. The molecule has 2 heterocycles. The quantitative estimate of drug-likeness (QED) is 0.767. The van der Waals surface area contributed by atoms with E-state index in [1.807, 2.05) is 30.5 Å². The van der Waals surface area contributed by atoms with Crippen LogP contribution >= 0.6 is 0 Å². The van der Waals surface area contributed by atoms with Crippen LogP contribution in [-0.2, 0) is 11.2 Å². The molecule has 1 saturated heterocycles. The molecule has 4 N–H and O–H groups in total. The van der Waals surface area contributed by atoms with Crippen molar-refractivity contribution >= 4 is 16.8 Å². The highest BCUT2D eigenvalue weighted by Crippen LogP contribution is 2.19. The minimum Gasteiger partial charge on any atom is -0.391 e. The molecule has 0 radical (unpaired) electrons. The summed E-state index contributed by atoms with van der Waals surface area (Å²) in [7, 11) is 0. The summed E-state index contributed by atoms with van der Waals surface area (Å²) in [6.45, 7) is 1.00. The number of nitrogens with one attached hydrogen (secondary N) is 1. The van der Waals surface area contributed by atoms with Crippen molar-refractivity contribution in [1.29, 1.82) is 0 Å². The molecule has 1 fully saturated rings. The van der Waals surface area contributed by atoms with Gasteiger partial charge in [0.05, 0.1) is 12.1 Å². The highest BCUT2D eigenvalue weighted by molar-refractivity contribution is 5.86. The zero-order valence-corrected chi connectivity index (χ0v) is 11.2. The first-order valence-electron chi connectivity index (χ1n) is 6.92. The highest BCUT2D eigenvalue weighted by Gasteiger charge is 2.28. The summed E-state index contributed by atoms with van der Waals surface area (Å²) in [6.07, 6.45) is 2.66. The Morgan fingerprint density at radius 1 is 1.50 bits per heavy atom. The van der Waals surface area contributed by atoms with Gasteiger partial charge in [-0.2, -0.15) is 0 Å². The van der Waals surface area contributed by atoms with Crippen LogP contribution in [0, 0.1) is 0 Å². The average molecular weight is 273 g/mol. The number of aliphatic hydroxyl groups is 1. The van der Waals surface area contributed by atoms with E-state index in [2.05, 4.69) is 4.98 Å². The van der Waals surface area contributed by atoms with Gasteiger partial charge in [0.1, 0.15) is 0 Å². The number of carbonyl (C=O) groups excluding carboxylic acids is 1. The van der Waals surface area contributed by atoms with Gasteiger partial charge in [-0.1, -0.05) is 18.2 Å². The third-order valence-electron chi connectivity index (χ3n) is 3.91. The molecule has 0 bridgehead atoms. The number of rotatable bonds is 3. The Bertz CT molecular complexity index is 622. The van der Waals surface area contributed by atoms with E-state index in [-0.39, 0.29) is 5.91 Å². The van der Waals surface area contributed by atoms with E-state index >= 15 is 0 Å². The predicted molar refractivity (Wildman–Crippen MR) is 77.2 cm³/mol. The number of nitrogens with two attached hydrogens (primary N) is 1.